The molecule has 2 atom stereocenters. The van der Waals surface area contributed by atoms with Crippen molar-refractivity contribution >= 4 is 51.6 Å². The molecule has 1 saturated heterocycles. The lowest BCUT2D eigenvalue weighted by atomic mass is 9.69. The molecule has 6 heteroatoms. The van der Waals surface area contributed by atoms with Gasteiger partial charge in [-0.15, -0.1) is 11.8 Å². The number of benzene rings is 2. The van der Waals surface area contributed by atoms with Gasteiger partial charge in [0.05, 0.1) is 15.1 Å². The third kappa shape index (κ3) is 8.02. The largest absolute Gasteiger partial charge is 0.306 e. The molecule has 2 aromatic carbocycles. The molecule has 2 nitrogen and oxygen atoms in total. The lowest BCUT2D eigenvalue weighted by Gasteiger charge is -2.35. The number of allylic oxidation sites excluding steroid dienone is 1. The van der Waals surface area contributed by atoms with Crippen molar-refractivity contribution in [1.82, 2.24) is 4.90 Å². The maximum Gasteiger partial charge on any atom is 0.0700 e. The number of aliphatic imine (C=N–C) groups is 1. The molecule has 0 aromatic heterocycles. The van der Waals surface area contributed by atoms with E-state index in [9.17, 15) is 0 Å². The zero-order valence-corrected chi connectivity index (χ0v) is 26.3. The number of aryl methyl sites for hydroxylation is 1. The Hall–Kier alpha value is -0.970. The molecule has 0 aliphatic carbocycles. The van der Waals surface area contributed by atoms with Gasteiger partial charge in [0.15, 0.2) is 0 Å². The Labute approximate surface area is 243 Å². The molecule has 37 heavy (non-hydrogen) atoms. The SMILES string of the molecule is CC(=NC=C(C(C)C(C)c1ccc(C)c(Cl)c1)C(C)(C)c1ccc(Cl)c(Cl)c1)SCC1CCN(C)CC1. The van der Waals surface area contributed by atoms with Crippen LogP contribution in [0.3, 0.4) is 0 Å². The van der Waals surface area contributed by atoms with Gasteiger partial charge in [0.25, 0.3) is 0 Å². The molecule has 0 radical (unpaired) electrons. The van der Waals surface area contributed by atoms with Gasteiger partial charge in [-0.25, -0.2) is 0 Å². The van der Waals surface area contributed by atoms with Crippen LogP contribution in [-0.2, 0) is 5.41 Å². The fourth-order valence-electron chi connectivity index (χ4n) is 5.01. The van der Waals surface area contributed by atoms with Crippen molar-refractivity contribution in [2.45, 2.75) is 65.7 Å². The van der Waals surface area contributed by atoms with E-state index in [1.54, 1.807) is 0 Å². The molecule has 1 heterocycles. The third-order valence-corrected chi connectivity index (χ3v) is 10.4. The van der Waals surface area contributed by atoms with Crippen LogP contribution in [0.4, 0.5) is 0 Å². The maximum atomic E-state index is 6.50. The van der Waals surface area contributed by atoms with Crippen LogP contribution >= 0.6 is 46.6 Å². The number of piperidine rings is 1. The van der Waals surface area contributed by atoms with E-state index in [0.29, 0.717) is 10.0 Å². The number of nitrogens with zero attached hydrogens (tertiary/aromatic N) is 2. The highest BCUT2D eigenvalue weighted by molar-refractivity contribution is 8.13. The Balaban J connectivity index is 1.91. The van der Waals surface area contributed by atoms with Crippen LogP contribution < -0.4 is 0 Å². The van der Waals surface area contributed by atoms with Gasteiger partial charge in [-0.3, -0.25) is 4.99 Å². The van der Waals surface area contributed by atoms with Crippen LogP contribution in [0.5, 0.6) is 0 Å². The molecule has 3 rings (SSSR count). The van der Waals surface area contributed by atoms with Crippen LogP contribution in [0.1, 0.15) is 70.1 Å². The Bertz CT molecular complexity index is 1130. The fourth-order valence-corrected chi connectivity index (χ4v) is 6.44. The quantitative estimate of drug-likeness (QED) is 0.228. The average molecular weight is 580 g/mol. The van der Waals surface area contributed by atoms with E-state index in [1.807, 2.05) is 30.8 Å². The first-order valence-corrected chi connectivity index (χ1v) is 15.3. The Morgan fingerprint density at radius 3 is 2.35 bits per heavy atom. The highest BCUT2D eigenvalue weighted by atomic mass is 35.5. The van der Waals surface area contributed by atoms with E-state index in [4.69, 9.17) is 39.8 Å². The Kier molecular flexibility index (Phi) is 11.1. The second-order valence-electron chi connectivity index (χ2n) is 11.1. The summed E-state index contributed by atoms with van der Waals surface area (Å²) in [5.41, 5.74) is 4.42. The second-order valence-corrected chi connectivity index (χ2v) is 13.6. The van der Waals surface area contributed by atoms with Crippen molar-refractivity contribution in [2.75, 3.05) is 25.9 Å². The minimum absolute atomic E-state index is 0.221. The first kappa shape index (κ1) is 30.6. The molecule has 1 fully saturated rings. The Morgan fingerprint density at radius 2 is 1.73 bits per heavy atom. The minimum atomic E-state index is -0.293. The predicted molar refractivity (Wildman–Crippen MR) is 167 cm³/mol. The molecule has 1 aliphatic heterocycles. The highest BCUT2D eigenvalue weighted by Gasteiger charge is 2.33. The van der Waals surface area contributed by atoms with Gasteiger partial charge >= 0.3 is 0 Å². The zero-order valence-electron chi connectivity index (χ0n) is 23.2. The summed E-state index contributed by atoms with van der Waals surface area (Å²) in [6.45, 7) is 15.6. The molecule has 0 bridgehead atoms. The van der Waals surface area contributed by atoms with Gasteiger partial charge in [0.1, 0.15) is 0 Å². The Morgan fingerprint density at radius 1 is 1.05 bits per heavy atom. The lowest BCUT2D eigenvalue weighted by molar-refractivity contribution is 0.232. The molecule has 1 aliphatic rings. The number of hydrogen-bond donors (Lipinski definition) is 0. The summed E-state index contributed by atoms with van der Waals surface area (Å²) in [4.78, 5) is 7.43. The minimum Gasteiger partial charge on any atom is -0.306 e. The van der Waals surface area contributed by atoms with Gasteiger partial charge in [-0.2, -0.15) is 0 Å². The molecule has 2 aromatic rings. The molecule has 0 N–H and O–H groups in total. The van der Waals surface area contributed by atoms with Crippen molar-refractivity contribution < 1.29 is 0 Å². The van der Waals surface area contributed by atoms with Gasteiger partial charge in [-0.05, 0) is 105 Å². The molecule has 0 saturated carbocycles. The number of hydrogen-bond acceptors (Lipinski definition) is 3. The van der Waals surface area contributed by atoms with Crippen molar-refractivity contribution in [3.63, 3.8) is 0 Å². The first-order valence-electron chi connectivity index (χ1n) is 13.2. The van der Waals surface area contributed by atoms with Gasteiger partial charge in [0.2, 0.25) is 0 Å². The third-order valence-electron chi connectivity index (χ3n) is 8.08. The number of rotatable bonds is 8. The highest BCUT2D eigenvalue weighted by Crippen LogP contribution is 2.43. The van der Waals surface area contributed by atoms with Crippen LogP contribution in [0.15, 0.2) is 53.2 Å². The summed E-state index contributed by atoms with van der Waals surface area (Å²) in [6.07, 6.45) is 4.65. The van der Waals surface area contributed by atoms with Crippen LogP contribution in [0.25, 0.3) is 0 Å². The van der Waals surface area contributed by atoms with Crippen molar-refractivity contribution in [1.29, 1.82) is 0 Å². The average Bonchev–Trinajstić information content (AvgIpc) is 2.86. The number of likely N-dealkylation sites (tertiary alicyclic amines) is 1. The zero-order chi connectivity index (χ0) is 27.3. The summed E-state index contributed by atoms with van der Waals surface area (Å²) in [5, 5.41) is 3.07. The van der Waals surface area contributed by atoms with E-state index in [2.05, 4.69) is 77.0 Å². The summed E-state index contributed by atoms with van der Waals surface area (Å²) in [7, 11) is 2.21. The van der Waals surface area contributed by atoms with E-state index < -0.39 is 0 Å². The summed E-state index contributed by atoms with van der Waals surface area (Å²) < 4.78 is 0. The predicted octanol–water partition coefficient (Wildman–Crippen LogP) is 10.0. The van der Waals surface area contributed by atoms with Crippen LogP contribution in [0, 0.1) is 18.8 Å². The molecule has 0 amide bonds. The lowest BCUT2D eigenvalue weighted by Crippen LogP contribution is -2.31. The summed E-state index contributed by atoms with van der Waals surface area (Å²) in [5.74, 6) is 2.39. The van der Waals surface area contributed by atoms with E-state index >= 15 is 0 Å². The normalized spacial score (nSPS) is 18.2. The standard InChI is InChI=1S/C31H41Cl3N2S/c1-20-8-9-25(16-29(20)33)21(2)22(3)27(31(5,6)26-10-11-28(32)30(34)17-26)18-35-23(4)37-19-24-12-14-36(7)15-13-24/h8-11,16-18,21-22,24H,12-15,19H2,1-7H3. The van der Waals surface area contributed by atoms with E-state index in [-0.39, 0.29) is 17.3 Å². The summed E-state index contributed by atoms with van der Waals surface area (Å²) >= 11 is 21.1. The van der Waals surface area contributed by atoms with Crippen LogP contribution in [-0.4, -0.2) is 35.8 Å². The topological polar surface area (TPSA) is 15.6 Å². The van der Waals surface area contributed by atoms with Gasteiger partial charge in [-0.1, -0.05) is 80.7 Å². The smallest absolute Gasteiger partial charge is 0.0700 e. The molecular formula is C31H41Cl3N2S. The van der Waals surface area contributed by atoms with Gasteiger partial charge < -0.3 is 4.90 Å². The number of halogens is 3. The van der Waals surface area contributed by atoms with Crippen molar-refractivity contribution in [3.05, 3.63) is 79.9 Å². The monoisotopic (exact) mass is 578 g/mol. The van der Waals surface area contributed by atoms with Crippen molar-refractivity contribution in [2.24, 2.45) is 16.8 Å². The fraction of sp³-hybridized carbons (Fsp3) is 0.516. The molecule has 0 spiro atoms. The molecule has 202 valence electrons. The summed E-state index contributed by atoms with van der Waals surface area (Å²) in [6, 6.07) is 12.4. The van der Waals surface area contributed by atoms with E-state index in [1.165, 1.54) is 37.1 Å². The second kappa shape index (κ2) is 13.4. The molecule has 2 unspecified atom stereocenters. The van der Waals surface area contributed by atoms with Crippen LogP contribution in [0.2, 0.25) is 15.1 Å². The maximum absolute atomic E-state index is 6.50. The van der Waals surface area contributed by atoms with E-state index in [0.717, 1.165) is 32.9 Å². The van der Waals surface area contributed by atoms with Gasteiger partial charge in [0, 0.05) is 22.4 Å². The van der Waals surface area contributed by atoms with Crippen molar-refractivity contribution in [3.8, 4) is 0 Å². The number of thioether (sulfide) groups is 1. The molecular weight excluding hydrogens is 539 g/mol. The first-order chi connectivity index (χ1) is 17.4.